The Kier molecular flexibility index (Phi) is 7.60. The summed E-state index contributed by atoms with van der Waals surface area (Å²) in [5.74, 6) is 2.00. The van der Waals surface area contributed by atoms with E-state index in [1.165, 1.54) is 5.01 Å². The minimum absolute atomic E-state index is 0.152. The third-order valence-electron chi connectivity index (χ3n) is 5.20. The lowest BCUT2D eigenvalue weighted by atomic mass is 10.1. The van der Waals surface area contributed by atoms with E-state index < -0.39 is 0 Å². The molecule has 174 valence electrons. The molecule has 0 saturated carbocycles. The van der Waals surface area contributed by atoms with Crippen molar-refractivity contribution in [3.63, 3.8) is 0 Å². The first-order valence-corrected chi connectivity index (χ1v) is 11.4. The summed E-state index contributed by atoms with van der Waals surface area (Å²) in [5, 5.41) is 5.87. The lowest BCUT2D eigenvalue weighted by molar-refractivity contribution is -0.114. The van der Waals surface area contributed by atoms with Crippen LogP contribution in [0.2, 0.25) is 0 Å². The number of ether oxygens (including phenoxy) is 3. The van der Waals surface area contributed by atoms with Crippen molar-refractivity contribution in [1.29, 1.82) is 0 Å². The molecule has 0 bridgehead atoms. The van der Waals surface area contributed by atoms with Crippen molar-refractivity contribution in [2.45, 2.75) is 20.3 Å². The molecule has 6 nitrogen and oxygen atoms in total. The number of anilines is 1. The Morgan fingerprint density at radius 1 is 0.853 bits per heavy atom. The molecule has 1 aliphatic rings. The zero-order valence-corrected chi connectivity index (χ0v) is 19.4. The van der Waals surface area contributed by atoms with Gasteiger partial charge in [-0.15, -0.1) is 0 Å². The summed E-state index contributed by atoms with van der Waals surface area (Å²) in [7, 11) is 0. The number of nitrogens with zero attached hydrogens (tertiary/aromatic N) is 2. The summed E-state index contributed by atoms with van der Waals surface area (Å²) in [6.07, 6.45) is 2.58. The Labute approximate surface area is 200 Å². The molecule has 6 heteroatoms. The van der Waals surface area contributed by atoms with Crippen LogP contribution in [0, 0.1) is 0 Å². The Morgan fingerprint density at radius 2 is 1.56 bits per heavy atom. The van der Waals surface area contributed by atoms with Crippen molar-refractivity contribution < 1.29 is 19.0 Å². The number of hydrazone groups is 1. The molecule has 1 amide bonds. The Morgan fingerprint density at radius 3 is 2.29 bits per heavy atom. The first-order valence-electron chi connectivity index (χ1n) is 11.4. The first kappa shape index (κ1) is 23.1. The van der Waals surface area contributed by atoms with Gasteiger partial charge in [0.05, 0.1) is 36.8 Å². The van der Waals surface area contributed by atoms with Crippen LogP contribution >= 0.6 is 0 Å². The number of benzene rings is 3. The minimum atomic E-state index is -0.152. The average molecular weight is 457 g/mol. The topological polar surface area (TPSA) is 60.4 Å². The Bertz CT molecular complexity index is 1170. The van der Waals surface area contributed by atoms with Gasteiger partial charge in [0.25, 0.3) is 5.91 Å². The van der Waals surface area contributed by atoms with E-state index in [0.29, 0.717) is 42.6 Å². The van der Waals surface area contributed by atoms with Gasteiger partial charge in [0, 0.05) is 6.42 Å². The van der Waals surface area contributed by atoms with Crippen LogP contribution in [-0.2, 0) is 4.79 Å². The second-order valence-electron chi connectivity index (χ2n) is 7.70. The Hall–Kier alpha value is -4.06. The molecule has 3 aromatic rings. The second-order valence-corrected chi connectivity index (χ2v) is 7.70. The van der Waals surface area contributed by atoms with Crippen LogP contribution in [0.15, 0.2) is 89.5 Å². The van der Waals surface area contributed by atoms with Crippen LogP contribution in [-0.4, -0.2) is 31.4 Å². The van der Waals surface area contributed by atoms with Crippen molar-refractivity contribution in [1.82, 2.24) is 0 Å². The molecule has 4 rings (SSSR count). The van der Waals surface area contributed by atoms with Gasteiger partial charge in [-0.05, 0) is 61.9 Å². The molecule has 0 spiro atoms. The van der Waals surface area contributed by atoms with E-state index in [-0.39, 0.29) is 5.91 Å². The van der Waals surface area contributed by atoms with Gasteiger partial charge in [-0.2, -0.15) is 10.1 Å². The van der Waals surface area contributed by atoms with E-state index in [2.05, 4.69) is 5.10 Å². The predicted octanol–water partition coefficient (Wildman–Crippen LogP) is 5.74. The molecular formula is C28H28N2O4. The van der Waals surface area contributed by atoms with E-state index >= 15 is 0 Å². The third-order valence-corrected chi connectivity index (χ3v) is 5.20. The highest BCUT2D eigenvalue weighted by atomic mass is 16.5. The van der Waals surface area contributed by atoms with Crippen LogP contribution in [0.1, 0.15) is 25.8 Å². The number of amides is 1. The highest BCUT2D eigenvalue weighted by Gasteiger charge is 2.28. The third kappa shape index (κ3) is 5.64. The fourth-order valence-corrected chi connectivity index (χ4v) is 3.54. The monoisotopic (exact) mass is 456 g/mol. The molecule has 0 unspecified atom stereocenters. The number of carbonyl (C=O) groups is 1. The van der Waals surface area contributed by atoms with E-state index in [1.807, 2.05) is 98.8 Å². The van der Waals surface area contributed by atoms with E-state index in [1.54, 1.807) is 0 Å². The maximum atomic E-state index is 13.0. The van der Waals surface area contributed by atoms with Gasteiger partial charge in [0.2, 0.25) is 0 Å². The van der Waals surface area contributed by atoms with Crippen LogP contribution in [0.25, 0.3) is 6.08 Å². The summed E-state index contributed by atoms with van der Waals surface area (Å²) in [4.78, 5) is 13.0. The van der Waals surface area contributed by atoms with E-state index in [0.717, 1.165) is 23.4 Å². The average Bonchev–Trinajstić information content (AvgIpc) is 3.14. The van der Waals surface area contributed by atoms with Crippen molar-refractivity contribution >= 4 is 23.4 Å². The molecule has 0 aromatic heterocycles. The van der Waals surface area contributed by atoms with Gasteiger partial charge < -0.3 is 14.2 Å². The van der Waals surface area contributed by atoms with Crippen LogP contribution in [0.4, 0.5) is 5.69 Å². The first-order chi connectivity index (χ1) is 16.7. The lowest BCUT2D eigenvalue weighted by Crippen LogP contribution is -2.21. The van der Waals surface area contributed by atoms with E-state index in [4.69, 9.17) is 14.2 Å². The molecule has 34 heavy (non-hydrogen) atoms. The van der Waals surface area contributed by atoms with Gasteiger partial charge >= 0.3 is 0 Å². The molecule has 0 aliphatic carbocycles. The highest BCUT2D eigenvalue weighted by molar-refractivity contribution is 6.32. The number of hydrogen-bond donors (Lipinski definition) is 0. The molecule has 0 fully saturated rings. The second kappa shape index (κ2) is 11.2. The van der Waals surface area contributed by atoms with Crippen molar-refractivity contribution in [3.05, 3.63) is 90.0 Å². The zero-order valence-electron chi connectivity index (χ0n) is 19.4. The van der Waals surface area contributed by atoms with Crippen LogP contribution in [0.5, 0.6) is 17.2 Å². The number of carbonyl (C=O) groups excluding carboxylic acids is 1. The minimum Gasteiger partial charge on any atom is -0.493 e. The zero-order chi connectivity index (χ0) is 23.8. The van der Waals surface area contributed by atoms with Crippen LogP contribution in [0.3, 0.4) is 0 Å². The van der Waals surface area contributed by atoms with Gasteiger partial charge in [0.1, 0.15) is 5.75 Å². The highest BCUT2D eigenvalue weighted by Crippen LogP contribution is 2.31. The molecule has 1 aliphatic heterocycles. The summed E-state index contributed by atoms with van der Waals surface area (Å²) < 4.78 is 17.5. The SMILES string of the molecule is CCOc1cc(/C=C2\C(=O)N(c3ccccc3)N=C2C)ccc1OCCCOc1ccccc1. The summed E-state index contributed by atoms with van der Waals surface area (Å²) in [5.41, 5.74) is 2.81. The fraction of sp³-hybridized carbons (Fsp3) is 0.214. The van der Waals surface area contributed by atoms with Gasteiger partial charge in [-0.3, -0.25) is 4.79 Å². The standard InChI is InChI=1S/C28H28N2O4/c1-3-32-27-20-22(15-16-26(27)34-18-10-17-33-24-13-8-5-9-14-24)19-25-21(2)29-30(28(25)31)23-11-6-4-7-12-23/h4-9,11-16,19-20H,3,10,17-18H2,1-2H3/b25-19-. The van der Waals surface area contributed by atoms with E-state index in [9.17, 15) is 4.79 Å². The maximum Gasteiger partial charge on any atom is 0.280 e. The van der Waals surface area contributed by atoms with Gasteiger partial charge in [-0.1, -0.05) is 42.5 Å². The summed E-state index contributed by atoms with van der Waals surface area (Å²) in [6, 6.07) is 24.8. The number of rotatable bonds is 10. The molecule has 1 heterocycles. The molecule has 3 aromatic carbocycles. The van der Waals surface area contributed by atoms with Gasteiger partial charge in [0.15, 0.2) is 11.5 Å². The quantitative estimate of drug-likeness (QED) is 0.288. The Balaban J connectivity index is 1.41. The largest absolute Gasteiger partial charge is 0.493 e. The molecule has 0 N–H and O–H groups in total. The normalized spacial score (nSPS) is 14.3. The van der Waals surface area contributed by atoms with Crippen molar-refractivity contribution in [3.8, 4) is 17.2 Å². The number of para-hydroxylation sites is 2. The fourth-order valence-electron chi connectivity index (χ4n) is 3.54. The van der Waals surface area contributed by atoms with Crippen LogP contribution < -0.4 is 19.2 Å². The molecule has 0 radical (unpaired) electrons. The molecular weight excluding hydrogens is 428 g/mol. The maximum absolute atomic E-state index is 13.0. The van der Waals surface area contributed by atoms with Gasteiger partial charge in [-0.25, -0.2) is 0 Å². The number of hydrogen-bond acceptors (Lipinski definition) is 5. The summed E-state index contributed by atoms with van der Waals surface area (Å²) in [6.45, 7) is 5.35. The lowest BCUT2D eigenvalue weighted by Gasteiger charge is -2.13. The molecule has 0 saturated heterocycles. The molecule has 0 atom stereocenters. The predicted molar refractivity (Wildman–Crippen MR) is 135 cm³/mol. The van der Waals surface area contributed by atoms with Crippen molar-refractivity contribution in [2.24, 2.45) is 5.10 Å². The smallest absolute Gasteiger partial charge is 0.280 e. The summed E-state index contributed by atoms with van der Waals surface area (Å²) >= 11 is 0. The van der Waals surface area contributed by atoms with Crippen molar-refractivity contribution in [2.75, 3.05) is 24.8 Å².